The van der Waals surface area contributed by atoms with Crippen molar-refractivity contribution in [2.24, 2.45) is 0 Å². The van der Waals surface area contributed by atoms with E-state index in [1.807, 2.05) is 0 Å². The predicted octanol–water partition coefficient (Wildman–Crippen LogP) is 0.693. The fourth-order valence-electron chi connectivity index (χ4n) is 1.68. The normalized spacial score (nSPS) is 9.95. The average Bonchev–Trinajstić information content (AvgIpc) is 2.50. The maximum Gasteiger partial charge on any atom is 0.307 e. The molecule has 1 aromatic rings. The van der Waals surface area contributed by atoms with Crippen molar-refractivity contribution in [3.63, 3.8) is 0 Å². The molecule has 0 saturated carbocycles. The minimum Gasteiger partial charge on any atom is -0.497 e. The monoisotopic (exact) mass is 281 g/mol. The molecule has 0 saturated heterocycles. The fraction of sp³-hybridized carbons (Fsp3) is 0.429. The summed E-state index contributed by atoms with van der Waals surface area (Å²) >= 11 is 0. The van der Waals surface area contributed by atoms with Gasteiger partial charge in [0, 0.05) is 18.7 Å². The molecule has 1 amide bonds. The Hall–Kier alpha value is -2.08. The molecular formula is C14H19NO5. The number of benzene rings is 1. The lowest BCUT2D eigenvalue weighted by atomic mass is 10.2. The molecule has 0 aliphatic heterocycles. The molecule has 0 fully saturated rings. The van der Waals surface area contributed by atoms with Crippen LogP contribution in [0.1, 0.15) is 16.8 Å². The standard InChI is InChI=1S/C14H19NO5/c1-19-12-5-3-11(4-6-12)14(18)15(9-10-16)8-7-13(17)20-2/h3-6,16H,7-10H2,1-2H3. The van der Waals surface area contributed by atoms with Gasteiger partial charge in [0.15, 0.2) is 0 Å². The van der Waals surface area contributed by atoms with Crippen LogP contribution in [0, 0.1) is 0 Å². The van der Waals surface area contributed by atoms with Crippen LogP contribution in [0.25, 0.3) is 0 Å². The van der Waals surface area contributed by atoms with Crippen molar-refractivity contribution in [2.75, 3.05) is 33.9 Å². The molecule has 0 aliphatic rings. The van der Waals surface area contributed by atoms with Gasteiger partial charge in [0.1, 0.15) is 5.75 Å². The Morgan fingerprint density at radius 3 is 2.30 bits per heavy atom. The zero-order chi connectivity index (χ0) is 15.0. The number of esters is 1. The second-order valence-electron chi connectivity index (χ2n) is 4.07. The molecule has 6 nitrogen and oxygen atoms in total. The molecule has 110 valence electrons. The number of ether oxygens (including phenoxy) is 2. The topological polar surface area (TPSA) is 76.1 Å². The van der Waals surface area contributed by atoms with Gasteiger partial charge in [-0.1, -0.05) is 0 Å². The third-order valence-corrected chi connectivity index (χ3v) is 2.81. The molecule has 1 N–H and O–H groups in total. The molecule has 0 radical (unpaired) electrons. The first-order valence-electron chi connectivity index (χ1n) is 6.23. The zero-order valence-corrected chi connectivity index (χ0v) is 11.7. The molecule has 0 spiro atoms. The molecule has 0 aliphatic carbocycles. The molecule has 1 aromatic carbocycles. The van der Waals surface area contributed by atoms with E-state index in [9.17, 15) is 9.59 Å². The van der Waals surface area contributed by atoms with Gasteiger partial charge in [-0.25, -0.2) is 0 Å². The highest BCUT2D eigenvalue weighted by Gasteiger charge is 2.16. The first kappa shape index (κ1) is 16.0. The number of rotatable bonds is 7. The molecule has 0 aromatic heterocycles. The number of hydrogen-bond donors (Lipinski definition) is 1. The number of methoxy groups -OCH3 is 2. The maximum atomic E-state index is 12.3. The van der Waals surface area contributed by atoms with Gasteiger partial charge in [0.25, 0.3) is 5.91 Å². The Bertz CT molecular complexity index is 443. The highest BCUT2D eigenvalue weighted by Crippen LogP contribution is 2.13. The highest BCUT2D eigenvalue weighted by atomic mass is 16.5. The van der Waals surface area contributed by atoms with Crippen LogP contribution in [-0.2, 0) is 9.53 Å². The summed E-state index contributed by atoms with van der Waals surface area (Å²) in [5.41, 5.74) is 0.476. The van der Waals surface area contributed by atoms with Gasteiger partial charge in [-0.2, -0.15) is 0 Å². The first-order chi connectivity index (χ1) is 9.62. The Morgan fingerprint density at radius 2 is 1.80 bits per heavy atom. The Labute approximate surface area is 117 Å². The van der Waals surface area contributed by atoms with E-state index >= 15 is 0 Å². The van der Waals surface area contributed by atoms with Crippen LogP contribution in [0.3, 0.4) is 0 Å². The van der Waals surface area contributed by atoms with Gasteiger partial charge >= 0.3 is 5.97 Å². The molecule has 1 rings (SSSR count). The zero-order valence-electron chi connectivity index (χ0n) is 11.7. The predicted molar refractivity (Wildman–Crippen MR) is 72.6 cm³/mol. The number of aliphatic hydroxyl groups excluding tert-OH is 1. The first-order valence-corrected chi connectivity index (χ1v) is 6.23. The lowest BCUT2D eigenvalue weighted by molar-refractivity contribution is -0.140. The van der Waals surface area contributed by atoms with Crippen LogP contribution in [0.5, 0.6) is 5.75 Å². The SMILES string of the molecule is COC(=O)CCN(CCO)C(=O)c1ccc(OC)cc1. The molecule has 6 heteroatoms. The van der Waals surface area contributed by atoms with E-state index in [4.69, 9.17) is 9.84 Å². The number of carbonyl (C=O) groups is 2. The van der Waals surface area contributed by atoms with E-state index in [0.29, 0.717) is 11.3 Å². The summed E-state index contributed by atoms with van der Waals surface area (Å²) in [4.78, 5) is 24.8. The van der Waals surface area contributed by atoms with Crippen molar-refractivity contribution in [1.82, 2.24) is 4.90 Å². The lowest BCUT2D eigenvalue weighted by Gasteiger charge is -2.21. The van der Waals surface area contributed by atoms with Gasteiger partial charge in [0.05, 0.1) is 27.2 Å². The number of hydrogen-bond acceptors (Lipinski definition) is 5. The fourth-order valence-corrected chi connectivity index (χ4v) is 1.68. The van der Waals surface area contributed by atoms with Crippen molar-refractivity contribution in [1.29, 1.82) is 0 Å². The Kier molecular flexibility index (Phi) is 6.52. The number of amides is 1. The van der Waals surface area contributed by atoms with E-state index in [1.54, 1.807) is 31.4 Å². The molecule has 0 unspecified atom stereocenters. The molecule has 20 heavy (non-hydrogen) atoms. The van der Waals surface area contributed by atoms with Crippen LogP contribution in [-0.4, -0.2) is 55.8 Å². The van der Waals surface area contributed by atoms with Gasteiger partial charge in [-0.05, 0) is 24.3 Å². The minimum atomic E-state index is -0.393. The quantitative estimate of drug-likeness (QED) is 0.744. The minimum absolute atomic E-state index is 0.0956. The van der Waals surface area contributed by atoms with Crippen molar-refractivity contribution in [2.45, 2.75) is 6.42 Å². The maximum absolute atomic E-state index is 12.3. The third-order valence-electron chi connectivity index (χ3n) is 2.81. The van der Waals surface area contributed by atoms with Crippen molar-refractivity contribution in [3.05, 3.63) is 29.8 Å². The number of nitrogens with zero attached hydrogens (tertiary/aromatic N) is 1. The van der Waals surface area contributed by atoms with Gasteiger partial charge < -0.3 is 19.5 Å². The number of aliphatic hydroxyl groups is 1. The van der Waals surface area contributed by atoms with Gasteiger partial charge in [0.2, 0.25) is 0 Å². The Morgan fingerprint density at radius 1 is 1.15 bits per heavy atom. The summed E-state index contributed by atoms with van der Waals surface area (Å²) in [6, 6.07) is 6.66. The molecule has 0 bridgehead atoms. The highest BCUT2D eigenvalue weighted by molar-refractivity contribution is 5.94. The van der Waals surface area contributed by atoms with Crippen LogP contribution >= 0.6 is 0 Å². The summed E-state index contributed by atoms with van der Waals surface area (Å²) in [5.74, 6) is 0.0193. The summed E-state index contributed by atoms with van der Waals surface area (Å²) < 4.78 is 9.56. The van der Waals surface area contributed by atoms with E-state index < -0.39 is 5.97 Å². The Balaban J connectivity index is 2.73. The van der Waals surface area contributed by atoms with Crippen molar-refractivity contribution in [3.8, 4) is 5.75 Å². The summed E-state index contributed by atoms with van der Waals surface area (Å²) in [6.45, 7) is 0.211. The number of carbonyl (C=O) groups excluding carboxylic acids is 2. The van der Waals surface area contributed by atoms with Crippen molar-refractivity contribution >= 4 is 11.9 Å². The molecule has 0 atom stereocenters. The lowest BCUT2D eigenvalue weighted by Crippen LogP contribution is -2.35. The van der Waals surface area contributed by atoms with E-state index in [1.165, 1.54) is 12.0 Å². The molecule has 0 heterocycles. The van der Waals surface area contributed by atoms with Crippen LogP contribution in [0.2, 0.25) is 0 Å². The average molecular weight is 281 g/mol. The summed E-state index contributed by atoms with van der Waals surface area (Å²) in [5, 5.41) is 9.01. The largest absolute Gasteiger partial charge is 0.497 e. The van der Waals surface area contributed by atoms with Crippen molar-refractivity contribution < 1.29 is 24.2 Å². The van der Waals surface area contributed by atoms with E-state index in [2.05, 4.69) is 4.74 Å². The second-order valence-corrected chi connectivity index (χ2v) is 4.07. The summed E-state index contributed by atoms with van der Waals surface area (Å²) in [7, 11) is 2.84. The second kappa shape index (κ2) is 8.16. The van der Waals surface area contributed by atoms with Crippen LogP contribution < -0.4 is 4.74 Å². The van der Waals surface area contributed by atoms with Gasteiger partial charge in [-0.3, -0.25) is 9.59 Å². The van der Waals surface area contributed by atoms with Crippen LogP contribution in [0.4, 0.5) is 0 Å². The molecular weight excluding hydrogens is 262 g/mol. The smallest absolute Gasteiger partial charge is 0.307 e. The third kappa shape index (κ3) is 4.55. The van der Waals surface area contributed by atoms with E-state index in [-0.39, 0.29) is 32.0 Å². The van der Waals surface area contributed by atoms with E-state index in [0.717, 1.165) is 0 Å². The van der Waals surface area contributed by atoms with Crippen LogP contribution in [0.15, 0.2) is 24.3 Å². The van der Waals surface area contributed by atoms with Gasteiger partial charge in [-0.15, -0.1) is 0 Å². The summed E-state index contributed by atoms with van der Waals surface area (Å²) in [6.07, 6.45) is 0.0956.